The van der Waals surface area contributed by atoms with E-state index in [1.165, 1.54) is 11.3 Å². The van der Waals surface area contributed by atoms with E-state index in [2.05, 4.69) is 14.9 Å². The summed E-state index contributed by atoms with van der Waals surface area (Å²) >= 11 is 0. The lowest BCUT2D eigenvalue weighted by Gasteiger charge is -2.28. The van der Waals surface area contributed by atoms with Gasteiger partial charge in [0.15, 0.2) is 0 Å². The van der Waals surface area contributed by atoms with E-state index in [0.717, 1.165) is 51.5 Å². The van der Waals surface area contributed by atoms with Crippen molar-refractivity contribution >= 4 is 5.95 Å². The highest BCUT2D eigenvalue weighted by Gasteiger charge is 2.20. The molecule has 0 unspecified atom stereocenters. The van der Waals surface area contributed by atoms with Crippen molar-refractivity contribution in [3.8, 4) is 0 Å². The molecule has 1 aromatic rings. The summed E-state index contributed by atoms with van der Waals surface area (Å²) in [6.45, 7) is 3.31. The van der Waals surface area contributed by atoms with Crippen LogP contribution in [0.25, 0.3) is 0 Å². The van der Waals surface area contributed by atoms with Gasteiger partial charge in [-0.15, -0.1) is 0 Å². The van der Waals surface area contributed by atoms with Crippen LogP contribution >= 0.6 is 0 Å². The summed E-state index contributed by atoms with van der Waals surface area (Å²) in [7, 11) is 0. The van der Waals surface area contributed by atoms with Gasteiger partial charge in [0.2, 0.25) is 5.95 Å². The van der Waals surface area contributed by atoms with Crippen molar-refractivity contribution in [2.75, 3.05) is 31.2 Å². The predicted molar refractivity (Wildman–Crippen MR) is 65.1 cm³/mol. The Balaban J connectivity index is 1.82. The Hall–Kier alpha value is -1.20. The highest BCUT2D eigenvalue weighted by molar-refractivity contribution is 5.35. The summed E-state index contributed by atoms with van der Waals surface area (Å²) in [4.78, 5) is 11.3. The average Bonchev–Trinajstić information content (AvgIpc) is 2.39. The largest absolute Gasteiger partial charge is 0.378 e. The lowest BCUT2D eigenvalue weighted by atomic mass is 9.94. The number of fused-ring (bicyclic) bond motifs is 1. The van der Waals surface area contributed by atoms with Crippen molar-refractivity contribution in [3.63, 3.8) is 0 Å². The molecule has 1 aliphatic heterocycles. The Kier molecular flexibility index (Phi) is 2.94. The molecular weight excluding hydrogens is 216 g/mol. The van der Waals surface area contributed by atoms with Crippen LogP contribution in [-0.4, -0.2) is 42.3 Å². The van der Waals surface area contributed by atoms with Crippen LogP contribution in [0, 0.1) is 0 Å². The van der Waals surface area contributed by atoms with Gasteiger partial charge in [-0.3, -0.25) is 0 Å². The number of ether oxygens (including phenoxy) is 1. The number of nitrogens with two attached hydrogens (primary N) is 1. The molecule has 1 aliphatic carbocycles. The van der Waals surface area contributed by atoms with Crippen LogP contribution in [0.15, 0.2) is 6.20 Å². The molecular formula is C12H18N4O. The van der Waals surface area contributed by atoms with Crippen molar-refractivity contribution in [2.24, 2.45) is 5.73 Å². The second kappa shape index (κ2) is 4.58. The van der Waals surface area contributed by atoms with Crippen LogP contribution < -0.4 is 10.6 Å². The molecule has 2 heterocycles. The van der Waals surface area contributed by atoms with Gasteiger partial charge >= 0.3 is 0 Å². The van der Waals surface area contributed by atoms with Crippen LogP contribution in [0.2, 0.25) is 0 Å². The predicted octanol–water partition coefficient (Wildman–Crippen LogP) is 0.129. The summed E-state index contributed by atoms with van der Waals surface area (Å²) in [5, 5.41) is 0. The molecule has 0 amide bonds. The van der Waals surface area contributed by atoms with Crippen molar-refractivity contribution < 1.29 is 4.74 Å². The van der Waals surface area contributed by atoms with Gasteiger partial charge < -0.3 is 15.4 Å². The van der Waals surface area contributed by atoms with Crippen molar-refractivity contribution in [2.45, 2.75) is 25.3 Å². The van der Waals surface area contributed by atoms with Gasteiger partial charge in [-0.2, -0.15) is 0 Å². The Labute approximate surface area is 101 Å². The molecule has 0 aromatic carbocycles. The molecule has 0 bridgehead atoms. The quantitative estimate of drug-likeness (QED) is 0.748. The smallest absolute Gasteiger partial charge is 0.225 e. The molecule has 3 rings (SSSR count). The van der Waals surface area contributed by atoms with E-state index in [1.807, 2.05) is 6.20 Å². The van der Waals surface area contributed by atoms with E-state index < -0.39 is 0 Å². The Morgan fingerprint density at radius 3 is 3.00 bits per heavy atom. The number of rotatable bonds is 1. The molecule has 1 aromatic heterocycles. The van der Waals surface area contributed by atoms with E-state index in [1.54, 1.807) is 0 Å². The summed E-state index contributed by atoms with van der Waals surface area (Å²) < 4.78 is 5.33. The Morgan fingerprint density at radius 2 is 2.18 bits per heavy atom. The van der Waals surface area contributed by atoms with Crippen LogP contribution in [0.1, 0.15) is 17.7 Å². The fourth-order valence-corrected chi connectivity index (χ4v) is 2.44. The maximum absolute atomic E-state index is 5.95. The van der Waals surface area contributed by atoms with Gasteiger partial charge in [0.05, 0.1) is 13.2 Å². The highest BCUT2D eigenvalue weighted by Crippen LogP contribution is 2.20. The minimum atomic E-state index is 0.278. The van der Waals surface area contributed by atoms with E-state index in [4.69, 9.17) is 10.5 Å². The first-order valence-electron chi connectivity index (χ1n) is 6.26. The standard InChI is InChI=1S/C12H18N4O/c13-10-1-2-11-9(7-10)8-14-12(15-11)16-3-5-17-6-4-16/h8,10H,1-7,13H2/t10-/m0/s1. The minimum Gasteiger partial charge on any atom is -0.378 e. The van der Waals surface area contributed by atoms with Gasteiger partial charge in [0, 0.05) is 31.0 Å². The zero-order chi connectivity index (χ0) is 11.7. The monoisotopic (exact) mass is 234 g/mol. The first-order valence-corrected chi connectivity index (χ1v) is 6.26. The highest BCUT2D eigenvalue weighted by atomic mass is 16.5. The maximum Gasteiger partial charge on any atom is 0.225 e. The number of hydrogen-bond donors (Lipinski definition) is 1. The summed E-state index contributed by atoms with van der Waals surface area (Å²) in [5.41, 5.74) is 8.35. The summed E-state index contributed by atoms with van der Waals surface area (Å²) in [5.74, 6) is 0.850. The van der Waals surface area contributed by atoms with E-state index in [-0.39, 0.29) is 6.04 Å². The maximum atomic E-state index is 5.95. The topological polar surface area (TPSA) is 64.3 Å². The molecule has 1 atom stereocenters. The molecule has 5 heteroatoms. The van der Waals surface area contributed by atoms with Gasteiger partial charge in [-0.1, -0.05) is 0 Å². The first-order chi connectivity index (χ1) is 8.33. The third kappa shape index (κ3) is 2.25. The number of aryl methyl sites for hydroxylation is 1. The lowest BCUT2D eigenvalue weighted by Crippen LogP contribution is -2.38. The summed E-state index contributed by atoms with van der Waals surface area (Å²) in [6.07, 6.45) is 4.88. The van der Waals surface area contributed by atoms with E-state index in [0.29, 0.717) is 0 Å². The number of nitrogens with zero attached hydrogens (tertiary/aromatic N) is 3. The Bertz CT molecular complexity index is 403. The molecule has 5 nitrogen and oxygen atoms in total. The van der Waals surface area contributed by atoms with Crippen LogP contribution in [0.3, 0.4) is 0 Å². The number of hydrogen-bond acceptors (Lipinski definition) is 5. The second-order valence-corrected chi connectivity index (χ2v) is 4.74. The first kappa shape index (κ1) is 10.9. The van der Waals surface area contributed by atoms with Crippen LogP contribution in [0.4, 0.5) is 5.95 Å². The minimum absolute atomic E-state index is 0.278. The fraction of sp³-hybridized carbons (Fsp3) is 0.667. The number of anilines is 1. The van der Waals surface area contributed by atoms with E-state index in [9.17, 15) is 0 Å². The molecule has 2 aliphatic rings. The molecule has 2 N–H and O–H groups in total. The van der Waals surface area contributed by atoms with Crippen LogP contribution in [0.5, 0.6) is 0 Å². The fourth-order valence-electron chi connectivity index (χ4n) is 2.44. The van der Waals surface area contributed by atoms with E-state index >= 15 is 0 Å². The SMILES string of the molecule is N[C@H]1CCc2nc(N3CCOCC3)ncc2C1. The Morgan fingerprint density at radius 1 is 1.35 bits per heavy atom. The molecule has 0 saturated carbocycles. The lowest BCUT2D eigenvalue weighted by molar-refractivity contribution is 0.122. The van der Waals surface area contributed by atoms with Crippen molar-refractivity contribution in [3.05, 3.63) is 17.5 Å². The van der Waals surface area contributed by atoms with Gasteiger partial charge in [-0.25, -0.2) is 9.97 Å². The van der Waals surface area contributed by atoms with Gasteiger partial charge in [-0.05, 0) is 24.8 Å². The summed E-state index contributed by atoms with van der Waals surface area (Å²) in [6, 6.07) is 0.278. The third-order valence-electron chi connectivity index (χ3n) is 3.47. The zero-order valence-corrected chi connectivity index (χ0v) is 9.93. The molecule has 92 valence electrons. The van der Waals surface area contributed by atoms with Crippen molar-refractivity contribution in [1.29, 1.82) is 0 Å². The van der Waals surface area contributed by atoms with Gasteiger partial charge in [0.25, 0.3) is 0 Å². The van der Waals surface area contributed by atoms with Gasteiger partial charge in [0.1, 0.15) is 0 Å². The zero-order valence-electron chi connectivity index (χ0n) is 9.93. The normalized spacial score (nSPS) is 24.5. The van der Waals surface area contributed by atoms with Crippen LogP contribution in [-0.2, 0) is 17.6 Å². The van der Waals surface area contributed by atoms with Crippen molar-refractivity contribution in [1.82, 2.24) is 9.97 Å². The molecule has 1 saturated heterocycles. The second-order valence-electron chi connectivity index (χ2n) is 4.74. The molecule has 1 fully saturated rings. The average molecular weight is 234 g/mol. The molecule has 0 spiro atoms. The third-order valence-corrected chi connectivity index (χ3v) is 3.47. The molecule has 0 radical (unpaired) electrons. The number of aromatic nitrogens is 2. The number of morpholine rings is 1. The molecule has 17 heavy (non-hydrogen) atoms.